The zero-order valence-corrected chi connectivity index (χ0v) is 17.9. The number of nitrogens with one attached hydrogen (secondary N) is 2. The number of benzene rings is 2. The molecule has 0 fully saturated rings. The zero-order valence-electron chi connectivity index (χ0n) is 15.7. The molecule has 0 spiro atoms. The minimum absolute atomic E-state index is 0.758. The molecule has 0 aliphatic rings. The van der Waals surface area contributed by atoms with E-state index in [1.165, 1.54) is 6.33 Å². The van der Waals surface area contributed by atoms with Gasteiger partial charge in [0.1, 0.15) is 29.5 Å². The molecular weight excluding hydrogens is 467 g/mol. The average Bonchev–Trinajstić information content (AvgIpc) is 3.06. The Hall–Kier alpha value is -2.88. The Morgan fingerprint density at radius 1 is 1.04 bits per heavy atom. The van der Waals surface area contributed by atoms with Gasteiger partial charge >= 0.3 is 0 Å². The molecular formula is C20H19IN6O. The molecule has 142 valence electrons. The van der Waals surface area contributed by atoms with Crippen LogP contribution in [0.25, 0.3) is 11.0 Å². The van der Waals surface area contributed by atoms with Crippen molar-refractivity contribution < 1.29 is 4.74 Å². The van der Waals surface area contributed by atoms with Gasteiger partial charge in [-0.25, -0.2) is 15.0 Å². The standard InChI is InChI=1S/C20H19IN6O/c1-12-8-13(26-20-18(21)19(22-2)23-10-24-20)4-7-17(12)28-14-5-6-16-15(9-14)25-11-27(16)3/h4-11H,1-3H3,(H2,22,23,24,26). The van der Waals surface area contributed by atoms with E-state index in [4.69, 9.17) is 4.74 Å². The minimum atomic E-state index is 0.758. The van der Waals surface area contributed by atoms with Crippen LogP contribution in [0.2, 0.25) is 0 Å². The van der Waals surface area contributed by atoms with Crippen molar-refractivity contribution in [2.45, 2.75) is 6.92 Å². The van der Waals surface area contributed by atoms with Crippen LogP contribution in [0.4, 0.5) is 17.3 Å². The number of hydrogen-bond acceptors (Lipinski definition) is 6. The minimum Gasteiger partial charge on any atom is -0.457 e. The van der Waals surface area contributed by atoms with Crippen LogP contribution in [-0.4, -0.2) is 26.6 Å². The number of hydrogen-bond donors (Lipinski definition) is 2. The van der Waals surface area contributed by atoms with E-state index in [1.54, 1.807) is 6.33 Å². The number of rotatable bonds is 5. The van der Waals surface area contributed by atoms with Gasteiger partial charge in [0, 0.05) is 25.8 Å². The lowest BCUT2D eigenvalue weighted by atomic mass is 10.2. The summed E-state index contributed by atoms with van der Waals surface area (Å²) in [7, 11) is 3.82. The Kier molecular flexibility index (Phi) is 5.03. The second kappa shape index (κ2) is 7.63. The molecule has 0 aliphatic heterocycles. The highest BCUT2D eigenvalue weighted by Gasteiger charge is 2.10. The molecule has 4 aromatic rings. The van der Waals surface area contributed by atoms with Crippen molar-refractivity contribution >= 4 is 50.9 Å². The van der Waals surface area contributed by atoms with Gasteiger partial charge in [-0.15, -0.1) is 0 Å². The van der Waals surface area contributed by atoms with Gasteiger partial charge in [0.05, 0.1) is 20.9 Å². The second-order valence-corrected chi connectivity index (χ2v) is 7.43. The molecule has 8 heteroatoms. The predicted molar refractivity (Wildman–Crippen MR) is 120 cm³/mol. The summed E-state index contributed by atoms with van der Waals surface area (Å²) in [6.07, 6.45) is 3.34. The Morgan fingerprint density at radius 3 is 2.64 bits per heavy atom. The number of imidazole rings is 1. The Labute approximate surface area is 176 Å². The quantitative estimate of drug-likeness (QED) is 0.393. The normalized spacial score (nSPS) is 10.9. The van der Waals surface area contributed by atoms with Crippen molar-refractivity contribution in [1.29, 1.82) is 0 Å². The first kappa shape index (κ1) is 18.5. The number of fused-ring (bicyclic) bond motifs is 1. The van der Waals surface area contributed by atoms with Gasteiger partial charge in [-0.2, -0.15) is 0 Å². The van der Waals surface area contributed by atoms with Gasteiger partial charge < -0.3 is 19.9 Å². The number of anilines is 3. The maximum Gasteiger partial charge on any atom is 0.149 e. The molecule has 2 aromatic heterocycles. The number of aromatic nitrogens is 4. The lowest BCUT2D eigenvalue weighted by molar-refractivity contribution is 0.479. The Morgan fingerprint density at radius 2 is 1.86 bits per heavy atom. The summed E-state index contributed by atoms with van der Waals surface area (Å²) in [5, 5.41) is 6.40. The summed E-state index contributed by atoms with van der Waals surface area (Å²) in [5.41, 5.74) is 3.94. The molecule has 0 saturated heterocycles. The van der Waals surface area contributed by atoms with Gasteiger partial charge in [-0.3, -0.25) is 0 Å². The highest BCUT2D eigenvalue weighted by atomic mass is 127. The topological polar surface area (TPSA) is 76.9 Å². The van der Waals surface area contributed by atoms with Crippen LogP contribution < -0.4 is 15.4 Å². The van der Waals surface area contributed by atoms with Gasteiger partial charge in [-0.1, -0.05) is 0 Å². The van der Waals surface area contributed by atoms with Crippen molar-refractivity contribution in [2.24, 2.45) is 7.05 Å². The number of halogens is 1. The summed E-state index contributed by atoms with van der Waals surface area (Å²) in [6.45, 7) is 2.02. The van der Waals surface area contributed by atoms with Crippen LogP contribution >= 0.6 is 22.6 Å². The molecule has 28 heavy (non-hydrogen) atoms. The van der Waals surface area contributed by atoms with E-state index < -0.39 is 0 Å². The first-order valence-electron chi connectivity index (χ1n) is 8.70. The van der Waals surface area contributed by atoms with Crippen molar-refractivity contribution in [2.75, 3.05) is 17.7 Å². The smallest absolute Gasteiger partial charge is 0.149 e. The van der Waals surface area contributed by atoms with Crippen LogP contribution in [0.1, 0.15) is 5.56 Å². The molecule has 2 heterocycles. The maximum absolute atomic E-state index is 6.08. The molecule has 4 rings (SSSR count). The molecule has 0 radical (unpaired) electrons. The number of aryl methyl sites for hydroxylation is 2. The predicted octanol–water partition coefficient (Wildman–Crippen LogP) is 4.85. The SMILES string of the molecule is CNc1ncnc(Nc2ccc(Oc3ccc4c(c3)ncn4C)c(C)c2)c1I. The molecule has 0 amide bonds. The van der Waals surface area contributed by atoms with Gasteiger partial charge in [0.15, 0.2) is 0 Å². The first-order valence-corrected chi connectivity index (χ1v) is 9.78. The largest absolute Gasteiger partial charge is 0.457 e. The van der Waals surface area contributed by atoms with Crippen LogP contribution in [0, 0.1) is 10.5 Å². The molecule has 0 unspecified atom stereocenters. The van der Waals surface area contributed by atoms with Crippen molar-refractivity contribution in [3.63, 3.8) is 0 Å². The van der Waals surface area contributed by atoms with E-state index in [1.807, 2.05) is 62.0 Å². The van der Waals surface area contributed by atoms with E-state index in [9.17, 15) is 0 Å². The fourth-order valence-corrected chi connectivity index (χ4v) is 3.60. The fourth-order valence-electron chi connectivity index (χ4n) is 2.92. The Bertz CT molecular complexity index is 1160. The third-order valence-corrected chi connectivity index (χ3v) is 5.41. The second-order valence-electron chi connectivity index (χ2n) is 6.35. The van der Waals surface area contributed by atoms with Crippen molar-refractivity contribution in [1.82, 2.24) is 19.5 Å². The van der Waals surface area contributed by atoms with Crippen molar-refractivity contribution in [3.8, 4) is 11.5 Å². The summed E-state index contributed by atoms with van der Waals surface area (Å²) in [5.74, 6) is 3.11. The molecule has 0 bridgehead atoms. The third kappa shape index (κ3) is 3.59. The molecule has 0 saturated carbocycles. The summed E-state index contributed by atoms with van der Waals surface area (Å²) >= 11 is 2.22. The summed E-state index contributed by atoms with van der Waals surface area (Å²) in [4.78, 5) is 12.9. The van der Waals surface area contributed by atoms with Crippen LogP contribution in [0.5, 0.6) is 11.5 Å². The van der Waals surface area contributed by atoms with Crippen LogP contribution in [0.3, 0.4) is 0 Å². The highest BCUT2D eigenvalue weighted by Crippen LogP contribution is 2.31. The van der Waals surface area contributed by atoms with Gasteiger partial charge in [0.25, 0.3) is 0 Å². The van der Waals surface area contributed by atoms with E-state index >= 15 is 0 Å². The van der Waals surface area contributed by atoms with E-state index in [0.29, 0.717) is 0 Å². The van der Waals surface area contributed by atoms with Gasteiger partial charge in [-0.05, 0) is 65.4 Å². The Balaban J connectivity index is 1.55. The number of nitrogens with zero attached hydrogens (tertiary/aromatic N) is 4. The molecule has 2 aromatic carbocycles. The molecule has 2 N–H and O–H groups in total. The van der Waals surface area contributed by atoms with E-state index in [0.717, 1.165) is 49.0 Å². The first-order chi connectivity index (χ1) is 13.5. The lowest BCUT2D eigenvalue weighted by Crippen LogP contribution is -2.02. The summed E-state index contributed by atoms with van der Waals surface area (Å²) < 4.78 is 9.00. The fraction of sp³-hybridized carbons (Fsp3) is 0.150. The maximum atomic E-state index is 6.08. The average molecular weight is 486 g/mol. The van der Waals surface area contributed by atoms with E-state index in [-0.39, 0.29) is 0 Å². The van der Waals surface area contributed by atoms with Crippen molar-refractivity contribution in [3.05, 3.63) is 58.2 Å². The molecule has 7 nitrogen and oxygen atoms in total. The third-order valence-electron chi connectivity index (χ3n) is 4.39. The summed E-state index contributed by atoms with van der Waals surface area (Å²) in [6, 6.07) is 11.9. The zero-order chi connectivity index (χ0) is 19.7. The molecule has 0 aliphatic carbocycles. The molecule has 0 atom stereocenters. The number of ether oxygens (including phenoxy) is 1. The van der Waals surface area contributed by atoms with Crippen LogP contribution in [-0.2, 0) is 7.05 Å². The highest BCUT2D eigenvalue weighted by molar-refractivity contribution is 14.1. The lowest BCUT2D eigenvalue weighted by Gasteiger charge is -2.13. The van der Waals surface area contributed by atoms with E-state index in [2.05, 4.69) is 48.2 Å². The van der Waals surface area contributed by atoms with Gasteiger partial charge in [0.2, 0.25) is 0 Å². The van der Waals surface area contributed by atoms with Crippen LogP contribution in [0.15, 0.2) is 49.1 Å². The monoisotopic (exact) mass is 486 g/mol.